The van der Waals surface area contributed by atoms with Crippen LogP contribution in [0.2, 0.25) is 0 Å². The van der Waals surface area contributed by atoms with Crippen molar-refractivity contribution in [2.45, 2.75) is 32.1 Å². The number of rotatable bonds is 6. The lowest BCUT2D eigenvalue weighted by atomic mass is 10.0. The molecule has 0 N–H and O–H groups in total. The van der Waals surface area contributed by atoms with Gasteiger partial charge < -0.3 is 0 Å². The Kier molecular flexibility index (Phi) is 6.95. The van der Waals surface area contributed by atoms with E-state index in [0.717, 1.165) is 53.9 Å². The molecule has 0 spiro atoms. The molecular formula is C28H26N4O2S. The van der Waals surface area contributed by atoms with Crippen LogP contribution in [0.5, 0.6) is 0 Å². The summed E-state index contributed by atoms with van der Waals surface area (Å²) in [5.74, 6) is 0. The van der Waals surface area contributed by atoms with Gasteiger partial charge in [0.25, 0.3) is 5.69 Å². The van der Waals surface area contributed by atoms with E-state index in [4.69, 9.17) is 10.1 Å². The van der Waals surface area contributed by atoms with Gasteiger partial charge in [0.1, 0.15) is 0 Å². The van der Waals surface area contributed by atoms with Crippen molar-refractivity contribution in [3.63, 3.8) is 0 Å². The highest BCUT2D eigenvalue weighted by Gasteiger charge is 2.17. The second kappa shape index (κ2) is 10.6. The summed E-state index contributed by atoms with van der Waals surface area (Å²) in [5.41, 5.74) is 6.41. The molecule has 5 rings (SSSR count). The normalized spacial score (nSPS) is 15.1. The molecule has 0 fully saturated rings. The molecule has 0 saturated heterocycles. The minimum Gasteiger partial charge on any atom is -0.258 e. The fraction of sp³-hybridized carbons (Fsp3) is 0.214. The van der Waals surface area contributed by atoms with Crippen LogP contribution in [0, 0.1) is 10.1 Å². The Balaban J connectivity index is 1.60. The summed E-state index contributed by atoms with van der Waals surface area (Å²) < 4.78 is 1.88. The summed E-state index contributed by atoms with van der Waals surface area (Å²) in [6.07, 6.45) is 4.98. The molecule has 0 bridgehead atoms. The van der Waals surface area contributed by atoms with Gasteiger partial charge in [-0.15, -0.1) is 11.3 Å². The molecule has 35 heavy (non-hydrogen) atoms. The van der Waals surface area contributed by atoms with E-state index in [0.29, 0.717) is 6.54 Å². The molecule has 0 amide bonds. The molecule has 0 atom stereocenters. The van der Waals surface area contributed by atoms with Crippen molar-refractivity contribution in [3.05, 3.63) is 116 Å². The maximum absolute atomic E-state index is 11.4. The van der Waals surface area contributed by atoms with Crippen molar-refractivity contribution in [1.29, 1.82) is 0 Å². The Morgan fingerprint density at radius 3 is 2.60 bits per heavy atom. The maximum atomic E-state index is 11.4. The molecule has 6 nitrogen and oxygen atoms in total. The highest BCUT2D eigenvalue weighted by molar-refractivity contribution is 7.07. The standard InChI is InChI=1S/C28H26N4O2S/c33-32(34)24-14-8-13-23(19-24)27-20-35-28(29-18-17-21-9-2-1-3-10-21)31(27)30-26-16-7-5-12-22-11-4-6-15-25(22)26/h1-4,6,8-11,13-15,19-20H,5,7,12,16-18H2. The average molecular weight is 483 g/mol. The molecule has 176 valence electrons. The second-order valence-electron chi connectivity index (χ2n) is 8.55. The molecule has 3 aromatic carbocycles. The van der Waals surface area contributed by atoms with Crippen molar-refractivity contribution in [2.24, 2.45) is 10.1 Å². The fourth-order valence-corrected chi connectivity index (χ4v) is 5.25. The number of aryl methyl sites for hydroxylation is 1. The Morgan fingerprint density at radius 1 is 0.943 bits per heavy atom. The number of fused-ring (bicyclic) bond motifs is 1. The number of nitrogens with zero attached hydrogens (tertiary/aromatic N) is 4. The third-order valence-electron chi connectivity index (χ3n) is 6.19. The lowest BCUT2D eigenvalue weighted by Crippen LogP contribution is -2.16. The quantitative estimate of drug-likeness (QED) is 0.185. The summed E-state index contributed by atoms with van der Waals surface area (Å²) in [4.78, 5) is 16.7. The van der Waals surface area contributed by atoms with Gasteiger partial charge in [0.05, 0.1) is 16.3 Å². The first-order chi connectivity index (χ1) is 17.2. The lowest BCUT2D eigenvalue weighted by molar-refractivity contribution is -0.384. The number of aromatic nitrogens is 1. The summed E-state index contributed by atoms with van der Waals surface area (Å²) in [7, 11) is 0. The zero-order valence-electron chi connectivity index (χ0n) is 19.3. The predicted molar refractivity (Wildman–Crippen MR) is 141 cm³/mol. The van der Waals surface area contributed by atoms with Crippen molar-refractivity contribution in [1.82, 2.24) is 4.68 Å². The number of thiazole rings is 1. The fourth-order valence-electron chi connectivity index (χ4n) is 4.39. The molecular weight excluding hydrogens is 456 g/mol. The van der Waals surface area contributed by atoms with Gasteiger partial charge in [-0.05, 0) is 43.2 Å². The van der Waals surface area contributed by atoms with E-state index in [-0.39, 0.29) is 10.6 Å². The molecule has 1 aliphatic carbocycles. The van der Waals surface area contributed by atoms with Gasteiger partial charge in [-0.25, -0.2) is 4.68 Å². The van der Waals surface area contributed by atoms with Gasteiger partial charge in [-0.2, -0.15) is 5.10 Å². The molecule has 1 aliphatic rings. The van der Waals surface area contributed by atoms with Gasteiger partial charge in [0.15, 0.2) is 0 Å². The molecule has 7 heteroatoms. The van der Waals surface area contributed by atoms with Crippen LogP contribution in [0.4, 0.5) is 5.69 Å². The topological polar surface area (TPSA) is 72.8 Å². The second-order valence-corrected chi connectivity index (χ2v) is 9.39. The summed E-state index contributed by atoms with van der Waals surface area (Å²) >= 11 is 1.51. The molecule has 0 saturated carbocycles. The highest BCUT2D eigenvalue weighted by atomic mass is 32.1. The number of nitro benzene ring substituents is 1. The Hall–Kier alpha value is -3.84. The molecule has 1 heterocycles. The van der Waals surface area contributed by atoms with Crippen molar-refractivity contribution < 1.29 is 4.92 Å². The minimum atomic E-state index is -0.362. The number of hydrogen-bond acceptors (Lipinski definition) is 5. The number of non-ortho nitro benzene ring substituents is 1. The third-order valence-corrected chi connectivity index (χ3v) is 7.04. The van der Waals surface area contributed by atoms with E-state index in [1.165, 1.54) is 34.1 Å². The van der Waals surface area contributed by atoms with E-state index in [1.807, 2.05) is 34.3 Å². The molecule has 0 unspecified atom stereocenters. The van der Waals surface area contributed by atoms with E-state index >= 15 is 0 Å². The Labute approximate surface area is 208 Å². The van der Waals surface area contributed by atoms with E-state index in [9.17, 15) is 10.1 Å². The van der Waals surface area contributed by atoms with Crippen molar-refractivity contribution >= 4 is 22.7 Å². The van der Waals surface area contributed by atoms with E-state index < -0.39 is 0 Å². The van der Waals surface area contributed by atoms with Crippen LogP contribution < -0.4 is 4.80 Å². The van der Waals surface area contributed by atoms with Crippen LogP contribution >= 0.6 is 11.3 Å². The van der Waals surface area contributed by atoms with E-state index in [1.54, 1.807) is 12.1 Å². The van der Waals surface area contributed by atoms with Gasteiger partial charge in [-0.1, -0.05) is 66.7 Å². The largest absolute Gasteiger partial charge is 0.270 e. The lowest BCUT2D eigenvalue weighted by Gasteiger charge is -2.10. The molecule has 0 aliphatic heterocycles. The monoisotopic (exact) mass is 482 g/mol. The van der Waals surface area contributed by atoms with Crippen LogP contribution in [0.25, 0.3) is 11.3 Å². The van der Waals surface area contributed by atoms with Crippen LogP contribution in [0.15, 0.2) is 94.3 Å². The SMILES string of the molecule is O=[N+]([O-])c1cccc(-c2csc(=NCCc3ccccc3)n2N=C2CCCCc3ccccc32)c1. The number of nitro groups is 1. The first-order valence-electron chi connectivity index (χ1n) is 11.8. The minimum absolute atomic E-state index is 0.0651. The van der Waals surface area contributed by atoms with Crippen molar-refractivity contribution in [2.75, 3.05) is 6.54 Å². The van der Waals surface area contributed by atoms with Crippen LogP contribution in [0.3, 0.4) is 0 Å². The molecule has 4 aromatic rings. The van der Waals surface area contributed by atoms with Gasteiger partial charge in [0.2, 0.25) is 4.80 Å². The van der Waals surface area contributed by atoms with Crippen LogP contribution in [-0.2, 0) is 12.8 Å². The predicted octanol–water partition coefficient (Wildman–Crippen LogP) is 6.25. The van der Waals surface area contributed by atoms with Crippen molar-refractivity contribution in [3.8, 4) is 11.3 Å². The zero-order valence-corrected chi connectivity index (χ0v) is 20.2. The van der Waals surface area contributed by atoms with E-state index in [2.05, 4.69) is 36.4 Å². The maximum Gasteiger partial charge on any atom is 0.270 e. The highest BCUT2D eigenvalue weighted by Crippen LogP contribution is 2.26. The van der Waals surface area contributed by atoms with Gasteiger partial charge in [0, 0.05) is 35.2 Å². The van der Waals surface area contributed by atoms with Gasteiger partial charge >= 0.3 is 0 Å². The summed E-state index contributed by atoms with van der Waals surface area (Å²) in [5, 5.41) is 18.5. The average Bonchev–Trinajstić information content (AvgIpc) is 3.17. The zero-order chi connectivity index (χ0) is 24.0. The molecule has 0 radical (unpaired) electrons. The van der Waals surface area contributed by atoms with Crippen LogP contribution in [-0.4, -0.2) is 21.9 Å². The smallest absolute Gasteiger partial charge is 0.258 e. The Bertz CT molecular complexity index is 1440. The molecule has 1 aromatic heterocycles. The first kappa shape index (κ1) is 22.9. The Morgan fingerprint density at radius 2 is 1.74 bits per heavy atom. The summed E-state index contributed by atoms with van der Waals surface area (Å²) in [6.45, 7) is 0.639. The number of benzene rings is 3. The number of hydrogen-bond donors (Lipinski definition) is 0. The third kappa shape index (κ3) is 5.30. The first-order valence-corrected chi connectivity index (χ1v) is 12.7. The summed E-state index contributed by atoms with van der Waals surface area (Å²) in [6, 6.07) is 25.5. The van der Waals surface area contributed by atoms with Gasteiger partial charge in [-0.3, -0.25) is 15.1 Å². The van der Waals surface area contributed by atoms with Crippen LogP contribution in [0.1, 0.15) is 36.0 Å².